The van der Waals surface area contributed by atoms with E-state index >= 15 is 0 Å². The largest absolute Gasteiger partial charge is 0.493 e. The fourth-order valence-corrected chi connectivity index (χ4v) is 5.93. The number of rotatable bonds is 7. The summed E-state index contributed by atoms with van der Waals surface area (Å²) in [5, 5.41) is 3.22. The molecule has 0 bridgehead atoms. The van der Waals surface area contributed by atoms with Gasteiger partial charge in [-0.3, -0.25) is 0 Å². The van der Waals surface area contributed by atoms with Crippen LogP contribution in [0.4, 0.5) is 4.39 Å². The van der Waals surface area contributed by atoms with Crippen LogP contribution in [0, 0.1) is 5.82 Å². The molecule has 3 aromatic carbocycles. The number of H-pyrrole nitrogens is 1. The number of hydrogen-bond acceptors (Lipinski definition) is 4. The van der Waals surface area contributed by atoms with E-state index in [1.807, 2.05) is 51.1 Å². The first-order chi connectivity index (χ1) is 19.9. The molecule has 0 fully saturated rings. The molecule has 5 nitrogen and oxygen atoms in total. The van der Waals surface area contributed by atoms with Crippen LogP contribution >= 0.6 is 11.6 Å². The molecule has 42 heavy (non-hydrogen) atoms. The van der Waals surface area contributed by atoms with Crippen LogP contribution in [0.5, 0.6) is 5.75 Å². The van der Waals surface area contributed by atoms with E-state index in [-0.39, 0.29) is 5.82 Å². The highest BCUT2D eigenvalue weighted by molar-refractivity contribution is 6.34. The molecule has 0 aliphatic carbocycles. The summed E-state index contributed by atoms with van der Waals surface area (Å²) >= 11 is 6.91. The summed E-state index contributed by atoms with van der Waals surface area (Å²) in [5.74, 6) is 0.0269. The Bertz CT molecular complexity index is 1730. The maximum atomic E-state index is 13.7. The molecule has 4 aromatic rings. The lowest BCUT2D eigenvalue weighted by molar-refractivity contribution is 0.00625. The Balaban J connectivity index is 1.52. The summed E-state index contributed by atoms with van der Waals surface area (Å²) in [6.45, 7) is 11.2. The lowest BCUT2D eigenvalue weighted by atomic mass is 9.94. The number of fused-ring (bicyclic) bond motifs is 2. The van der Waals surface area contributed by atoms with Crippen LogP contribution in [0.2, 0.25) is 5.02 Å². The van der Waals surface area contributed by atoms with Crippen molar-refractivity contribution in [3.63, 3.8) is 0 Å². The average Bonchev–Trinajstić information content (AvgIpc) is 3.24. The third-order valence-corrected chi connectivity index (χ3v) is 8.07. The molecular weight excluding hydrogens is 551 g/mol. The van der Waals surface area contributed by atoms with Gasteiger partial charge in [-0.1, -0.05) is 35.9 Å². The van der Waals surface area contributed by atoms with Gasteiger partial charge in [0.25, 0.3) is 0 Å². The van der Waals surface area contributed by atoms with Gasteiger partial charge in [0.1, 0.15) is 22.9 Å². The number of aryl methyl sites for hydroxylation is 1. The predicted octanol–water partition coefficient (Wildman–Crippen LogP) is 9.09. The van der Waals surface area contributed by atoms with E-state index in [1.165, 1.54) is 12.1 Å². The van der Waals surface area contributed by atoms with Gasteiger partial charge in [-0.15, -0.1) is 0 Å². The minimum absolute atomic E-state index is 0.278. The number of halogens is 2. The molecule has 1 aliphatic heterocycles. The van der Waals surface area contributed by atoms with Gasteiger partial charge < -0.3 is 19.4 Å². The number of nitrogens with one attached hydrogen (secondary N) is 1. The Morgan fingerprint density at radius 1 is 1.10 bits per heavy atom. The second-order valence-corrected chi connectivity index (χ2v) is 12.4. The van der Waals surface area contributed by atoms with Crippen LogP contribution in [0.1, 0.15) is 69.1 Å². The van der Waals surface area contributed by atoms with Gasteiger partial charge in [0.2, 0.25) is 0 Å². The number of aromatic amines is 1. The van der Waals surface area contributed by atoms with Gasteiger partial charge in [-0.2, -0.15) is 0 Å². The molecule has 1 N–H and O–H groups in total. The molecule has 0 unspecified atom stereocenters. The fraction of sp³-hybridized carbons (Fsp3) is 0.343. The molecule has 1 aliphatic rings. The Kier molecular flexibility index (Phi) is 8.38. The summed E-state index contributed by atoms with van der Waals surface area (Å²) in [5.41, 5.74) is 5.75. The monoisotopic (exact) mass is 588 g/mol. The molecule has 0 amide bonds. The van der Waals surface area contributed by atoms with E-state index in [2.05, 4.69) is 36.9 Å². The topological polar surface area (TPSA) is 54.6 Å². The number of carbonyl (C=O) groups is 1. The molecule has 0 radical (unpaired) electrons. The van der Waals surface area contributed by atoms with Crippen LogP contribution in [-0.2, 0) is 11.2 Å². The van der Waals surface area contributed by atoms with Gasteiger partial charge in [-0.25, -0.2) is 9.18 Å². The normalized spacial score (nSPS) is 14.4. The van der Waals surface area contributed by atoms with Gasteiger partial charge in [0, 0.05) is 41.2 Å². The van der Waals surface area contributed by atoms with Crippen molar-refractivity contribution in [1.82, 2.24) is 9.88 Å². The van der Waals surface area contributed by atoms with Crippen LogP contribution in [0.15, 0.2) is 65.9 Å². The third-order valence-electron chi connectivity index (χ3n) is 7.76. The van der Waals surface area contributed by atoms with E-state index in [0.29, 0.717) is 35.9 Å². The first-order valence-corrected chi connectivity index (χ1v) is 14.8. The average molecular weight is 589 g/mol. The van der Waals surface area contributed by atoms with Crippen LogP contribution in [-0.4, -0.2) is 41.7 Å². The molecule has 0 atom stereocenters. The van der Waals surface area contributed by atoms with Crippen molar-refractivity contribution in [2.45, 2.75) is 59.5 Å². The summed E-state index contributed by atoms with van der Waals surface area (Å²) < 4.78 is 25.7. The molecule has 1 aromatic heterocycles. The van der Waals surface area contributed by atoms with Gasteiger partial charge >= 0.3 is 5.97 Å². The highest BCUT2D eigenvalue weighted by atomic mass is 35.5. The highest BCUT2D eigenvalue weighted by Crippen LogP contribution is 2.41. The van der Waals surface area contributed by atoms with Crippen molar-refractivity contribution in [1.29, 1.82) is 0 Å². The molecule has 7 heteroatoms. The Morgan fingerprint density at radius 3 is 2.62 bits per heavy atom. The van der Waals surface area contributed by atoms with Crippen LogP contribution in [0.3, 0.4) is 0 Å². The smallest absolute Gasteiger partial charge is 0.355 e. The van der Waals surface area contributed by atoms with Crippen molar-refractivity contribution in [3.05, 3.63) is 93.5 Å². The second-order valence-electron chi connectivity index (χ2n) is 12.0. The van der Waals surface area contributed by atoms with Gasteiger partial charge in [0.15, 0.2) is 0 Å². The number of ether oxygens (including phenoxy) is 2. The first kappa shape index (κ1) is 29.7. The van der Waals surface area contributed by atoms with Crippen molar-refractivity contribution in [2.24, 2.45) is 0 Å². The van der Waals surface area contributed by atoms with E-state index in [4.69, 9.17) is 21.1 Å². The molecular formula is C35H38ClFN2O3. The van der Waals surface area contributed by atoms with Crippen molar-refractivity contribution in [2.75, 3.05) is 20.2 Å². The van der Waals surface area contributed by atoms with E-state index in [1.54, 1.807) is 6.07 Å². The standard InChI is InChI=1S/C35H38ClFN2O3/c1-21-10-8-18-39(6)22(2)30(21)31-28(36)17-16-27-26(33(38-32(27)31)34(40)42-35(3,4)5)12-9-19-41-29-13-7-11-23-20-24(37)14-15-25(23)29/h7,10-11,13-17,20,38H,8-9,12,18-19H2,1-6H3. The zero-order valence-corrected chi connectivity index (χ0v) is 25.9. The van der Waals surface area contributed by atoms with E-state index < -0.39 is 11.6 Å². The lowest BCUT2D eigenvalue weighted by Gasteiger charge is -2.22. The summed E-state index contributed by atoms with van der Waals surface area (Å²) in [6.07, 6.45) is 4.43. The summed E-state index contributed by atoms with van der Waals surface area (Å²) in [7, 11) is 2.09. The van der Waals surface area contributed by atoms with Crippen molar-refractivity contribution >= 4 is 44.8 Å². The molecule has 5 rings (SSSR count). The van der Waals surface area contributed by atoms with Crippen LogP contribution < -0.4 is 4.74 Å². The zero-order valence-electron chi connectivity index (χ0n) is 25.2. The summed E-state index contributed by atoms with van der Waals surface area (Å²) in [4.78, 5) is 19.2. The maximum absolute atomic E-state index is 13.7. The number of benzene rings is 3. The fourth-order valence-electron chi connectivity index (χ4n) is 5.68. The van der Waals surface area contributed by atoms with Crippen molar-refractivity contribution in [3.8, 4) is 5.75 Å². The van der Waals surface area contributed by atoms with Crippen LogP contribution in [0.25, 0.3) is 27.2 Å². The lowest BCUT2D eigenvalue weighted by Crippen LogP contribution is -2.24. The molecule has 0 saturated carbocycles. The van der Waals surface area contributed by atoms with E-state index in [9.17, 15) is 9.18 Å². The zero-order chi connectivity index (χ0) is 30.2. The minimum Gasteiger partial charge on any atom is -0.493 e. The summed E-state index contributed by atoms with van der Waals surface area (Å²) in [6, 6.07) is 14.2. The molecule has 0 spiro atoms. The quantitative estimate of drug-likeness (QED) is 0.173. The SMILES string of the molecule is CC1=CCCN(C)C(C)=C1c1c(Cl)ccc2c(CCCOc3cccc4cc(F)ccc34)c(C(=O)OC(C)(C)C)[nH]c12. The molecule has 220 valence electrons. The predicted molar refractivity (Wildman–Crippen MR) is 170 cm³/mol. The first-order valence-electron chi connectivity index (χ1n) is 14.4. The highest BCUT2D eigenvalue weighted by Gasteiger charge is 2.27. The van der Waals surface area contributed by atoms with E-state index in [0.717, 1.165) is 62.6 Å². The Labute approximate surface area is 251 Å². The number of aromatic nitrogens is 1. The second kappa shape index (κ2) is 11.8. The number of esters is 1. The Morgan fingerprint density at radius 2 is 1.86 bits per heavy atom. The minimum atomic E-state index is -0.647. The number of carbonyl (C=O) groups excluding carboxylic acids is 1. The van der Waals surface area contributed by atoms with Crippen molar-refractivity contribution < 1.29 is 18.7 Å². The Hall–Kier alpha value is -3.77. The van der Waals surface area contributed by atoms with Gasteiger partial charge in [0.05, 0.1) is 17.1 Å². The molecule has 0 saturated heterocycles. The third kappa shape index (κ3) is 6.05. The number of nitrogens with zero attached hydrogens (tertiary/aromatic N) is 1. The van der Waals surface area contributed by atoms with Gasteiger partial charge in [-0.05, 0) is 101 Å². The number of hydrogen-bond donors (Lipinski definition) is 1. The molecule has 2 heterocycles. The maximum Gasteiger partial charge on any atom is 0.355 e. The number of allylic oxidation sites excluding steroid dienone is 3.